The monoisotopic (exact) mass is 351 g/mol. The molecule has 0 aromatic heterocycles. The normalized spacial score (nSPS) is 10.5. The van der Waals surface area contributed by atoms with Gasteiger partial charge in [0.05, 0.1) is 7.11 Å². The van der Waals surface area contributed by atoms with Crippen LogP contribution in [0.4, 0.5) is 8.78 Å². The van der Waals surface area contributed by atoms with E-state index in [1.165, 1.54) is 17.0 Å². The molecule has 2 rings (SSSR count). The Kier molecular flexibility index (Phi) is 6.61. The molecule has 6 heteroatoms. The summed E-state index contributed by atoms with van der Waals surface area (Å²) >= 11 is 1.57. The topological polar surface area (TPSA) is 29.5 Å². The van der Waals surface area contributed by atoms with Crippen molar-refractivity contribution in [2.45, 2.75) is 17.9 Å². The van der Waals surface area contributed by atoms with Crippen LogP contribution in [0.25, 0.3) is 0 Å². The molecule has 128 valence electrons. The fourth-order valence-electron chi connectivity index (χ4n) is 2.11. The van der Waals surface area contributed by atoms with Gasteiger partial charge < -0.3 is 9.64 Å². The first kappa shape index (κ1) is 18.3. The van der Waals surface area contributed by atoms with E-state index < -0.39 is 11.6 Å². The summed E-state index contributed by atoms with van der Waals surface area (Å²) in [5.74, 6) is 0.0705. The van der Waals surface area contributed by atoms with Crippen molar-refractivity contribution in [1.29, 1.82) is 0 Å². The first-order valence-electron chi connectivity index (χ1n) is 7.44. The Labute approximate surface area is 144 Å². The molecule has 0 atom stereocenters. The van der Waals surface area contributed by atoms with Crippen molar-refractivity contribution in [3.63, 3.8) is 0 Å². The van der Waals surface area contributed by atoms with Crippen molar-refractivity contribution >= 4 is 17.7 Å². The van der Waals surface area contributed by atoms with Crippen LogP contribution >= 0.6 is 11.8 Å². The molecule has 0 aliphatic heterocycles. The minimum atomic E-state index is -0.637. The molecular weight excluding hydrogens is 332 g/mol. The van der Waals surface area contributed by atoms with Gasteiger partial charge in [-0.05, 0) is 30.3 Å². The predicted octanol–water partition coefficient (Wildman–Crippen LogP) is 4.11. The van der Waals surface area contributed by atoms with Crippen molar-refractivity contribution in [2.24, 2.45) is 0 Å². The molecule has 3 nitrogen and oxygen atoms in total. The lowest BCUT2D eigenvalue weighted by Gasteiger charge is -2.17. The van der Waals surface area contributed by atoms with Gasteiger partial charge in [-0.25, -0.2) is 8.78 Å². The van der Waals surface area contributed by atoms with Crippen LogP contribution in [0, 0.1) is 11.6 Å². The summed E-state index contributed by atoms with van der Waals surface area (Å²) in [6, 6.07) is 11.0. The lowest BCUT2D eigenvalue weighted by atomic mass is 10.2. The molecule has 0 fully saturated rings. The molecule has 0 radical (unpaired) electrons. The SMILES string of the molecule is COc1ccc(SCCC(=O)N(C)Cc2ccc(F)cc2F)cc1. The van der Waals surface area contributed by atoms with Crippen LogP contribution in [0.15, 0.2) is 47.4 Å². The molecule has 0 spiro atoms. The summed E-state index contributed by atoms with van der Waals surface area (Å²) in [5.41, 5.74) is 0.301. The molecule has 0 aliphatic rings. The van der Waals surface area contributed by atoms with Crippen molar-refractivity contribution in [2.75, 3.05) is 19.9 Å². The number of carbonyl (C=O) groups excluding carboxylic acids is 1. The maximum absolute atomic E-state index is 13.6. The summed E-state index contributed by atoms with van der Waals surface area (Å²) in [6.45, 7) is 0.123. The number of hydrogen-bond donors (Lipinski definition) is 0. The number of ether oxygens (including phenoxy) is 1. The Morgan fingerprint density at radius 2 is 1.88 bits per heavy atom. The number of methoxy groups -OCH3 is 1. The van der Waals surface area contributed by atoms with E-state index in [0.717, 1.165) is 16.7 Å². The van der Waals surface area contributed by atoms with Crippen LogP contribution in [-0.2, 0) is 11.3 Å². The average Bonchev–Trinajstić information content (AvgIpc) is 2.57. The summed E-state index contributed by atoms with van der Waals surface area (Å²) in [4.78, 5) is 14.6. The second-order valence-corrected chi connectivity index (χ2v) is 6.43. The Morgan fingerprint density at radius 1 is 1.17 bits per heavy atom. The van der Waals surface area contributed by atoms with E-state index in [0.29, 0.717) is 17.7 Å². The standard InChI is InChI=1S/C18H19F2NO2S/c1-21(12-13-3-4-14(19)11-17(13)20)18(22)9-10-24-16-7-5-15(23-2)6-8-16/h3-8,11H,9-10,12H2,1-2H3. The van der Waals surface area contributed by atoms with E-state index in [4.69, 9.17) is 4.74 Å². The van der Waals surface area contributed by atoms with Crippen molar-refractivity contribution in [1.82, 2.24) is 4.90 Å². The van der Waals surface area contributed by atoms with Crippen molar-refractivity contribution in [3.05, 3.63) is 59.7 Å². The molecule has 0 unspecified atom stereocenters. The first-order chi connectivity index (χ1) is 11.5. The quantitative estimate of drug-likeness (QED) is 0.703. The van der Waals surface area contributed by atoms with Gasteiger partial charge in [-0.1, -0.05) is 6.07 Å². The molecule has 2 aromatic carbocycles. The molecule has 2 aromatic rings. The molecule has 24 heavy (non-hydrogen) atoms. The van der Waals surface area contributed by atoms with Crippen LogP contribution in [0.5, 0.6) is 5.75 Å². The third kappa shape index (κ3) is 5.23. The summed E-state index contributed by atoms with van der Waals surface area (Å²) in [5, 5.41) is 0. The van der Waals surface area contributed by atoms with Crippen LogP contribution < -0.4 is 4.74 Å². The summed E-state index contributed by atoms with van der Waals surface area (Å²) in [6.07, 6.45) is 0.343. The maximum Gasteiger partial charge on any atom is 0.223 e. The average molecular weight is 351 g/mol. The van der Waals surface area contributed by atoms with Crippen LogP contribution in [0.1, 0.15) is 12.0 Å². The highest BCUT2D eigenvalue weighted by atomic mass is 32.2. The zero-order chi connectivity index (χ0) is 17.5. The molecule has 0 saturated carbocycles. The minimum absolute atomic E-state index is 0.0836. The first-order valence-corrected chi connectivity index (χ1v) is 8.43. The third-order valence-electron chi connectivity index (χ3n) is 3.49. The predicted molar refractivity (Wildman–Crippen MR) is 91.2 cm³/mol. The lowest BCUT2D eigenvalue weighted by Crippen LogP contribution is -2.26. The van der Waals surface area contributed by atoms with Crippen molar-refractivity contribution in [3.8, 4) is 5.75 Å². The molecule has 0 saturated heterocycles. The van der Waals surface area contributed by atoms with Gasteiger partial charge in [0.2, 0.25) is 5.91 Å². The fraction of sp³-hybridized carbons (Fsp3) is 0.278. The lowest BCUT2D eigenvalue weighted by molar-refractivity contribution is -0.129. The van der Waals surface area contributed by atoms with Gasteiger partial charge in [0.15, 0.2) is 0 Å². The number of nitrogens with zero attached hydrogens (tertiary/aromatic N) is 1. The maximum atomic E-state index is 13.6. The highest BCUT2D eigenvalue weighted by Crippen LogP contribution is 2.22. The number of halogens is 2. The minimum Gasteiger partial charge on any atom is -0.497 e. The Morgan fingerprint density at radius 3 is 2.50 bits per heavy atom. The van der Waals surface area contributed by atoms with Gasteiger partial charge in [0, 0.05) is 42.3 Å². The molecular formula is C18H19F2NO2S. The van der Waals surface area contributed by atoms with Crippen LogP contribution in [0.3, 0.4) is 0 Å². The van der Waals surface area contributed by atoms with E-state index in [2.05, 4.69) is 0 Å². The number of rotatable bonds is 7. The molecule has 1 amide bonds. The van der Waals surface area contributed by atoms with E-state index in [1.54, 1.807) is 25.9 Å². The highest BCUT2D eigenvalue weighted by molar-refractivity contribution is 7.99. The molecule has 0 bridgehead atoms. The van der Waals surface area contributed by atoms with Gasteiger partial charge in [0.25, 0.3) is 0 Å². The molecule has 0 N–H and O–H groups in total. The van der Waals surface area contributed by atoms with E-state index >= 15 is 0 Å². The van der Waals surface area contributed by atoms with E-state index in [1.807, 2.05) is 24.3 Å². The van der Waals surface area contributed by atoms with Gasteiger partial charge in [-0.2, -0.15) is 0 Å². The Balaban J connectivity index is 1.80. The van der Waals surface area contributed by atoms with E-state index in [-0.39, 0.29) is 12.5 Å². The van der Waals surface area contributed by atoms with E-state index in [9.17, 15) is 13.6 Å². The van der Waals surface area contributed by atoms with Gasteiger partial charge in [-0.15, -0.1) is 11.8 Å². The smallest absolute Gasteiger partial charge is 0.223 e. The van der Waals surface area contributed by atoms with Crippen molar-refractivity contribution < 1.29 is 18.3 Å². The number of carbonyl (C=O) groups is 1. The summed E-state index contributed by atoms with van der Waals surface area (Å²) in [7, 11) is 3.23. The van der Waals surface area contributed by atoms with Crippen LogP contribution in [-0.4, -0.2) is 30.7 Å². The van der Waals surface area contributed by atoms with Gasteiger partial charge >= 0.3 is 0 Å². The van der Waals surface area contributed by atoms with Crippen LogP contribution in [0.2, 0.25) is 0 Å². The Bertz CT molecular complexity index is 692. The second kappa shape index (κ2) is 8.68. The van der Waals surface area contributed by atoms with Gasteiger partial charge in [-0.3, -0.25) is 4.79 Å². The third-order valence-corrected chi connectivity index (χ3v) is 4.51. The zero-order valence-electron chi connectivity index (χ0n) is 13.6. The second-order valence-electron chi connectivity index (χ2n) is 5.26. The summed E-state index contributed by atoms with van der Waals surface area (Å²) < 4.78 is 31.6. The Hall–Kier alpha value is -2.08. The zero-order valence-corrected chi connectivity index (χ0v) is 14.4. The number of amides is 1. The largest absolute Gasteiger partial charge is 0.497 e. The number of hydrogen-bond acceptors (Lipinski definition) is 3. The molecule has 0 aliphatic carbocycles. The fourth-order valence-corrected chi connectivity index (χ4v) is 2.95. The highest BCUT2D eigenvalue weighted by Gasteiger charge is 2.12. The number of benzene rings is 2. The van der Waals surface area contributed by atoms with Gasteiger partial charge in [0.1, 0.15) is 17.4 Å². The molecule has 0 heterocycles. The number of thioether (sulfide) groups is 1.